The van der Waals surface area contributed by atoms with Crippen LogP contribution in [0.1, 0.15) is 53.0 Å². The smallest absolute Gasteiger partial charge is 0.350 e. The zero-order chi connectivity index (χ0) is 24.3. The topological polar surface area (TPSA) is 63.1 Å². The largest absolute Gasteiger partial charge is 0.417 e. The van der Waals surface area contributed by atoms with E-state index < -0.39 is 11.7 Å². The number of nitrogens with zero attached hydrogens (tertiary/aromatic N) is 4. The average Bonchev–Trinajstić information content (AvgIpc) is 3.21. The highest BCUT2D eigenvalue weighted by atomic mass is 19.4. The Morgan fingerprint density at radius 1 is 1.12 bits per heavy atom. The molecule has 0 bridgehead atoms. The van der Waals surface area contributed by atoms with Gasteiger partial charge in [0.1, 0.15) is 0 Å². The van der Waals surface area contributed by atoms with Gasteiger partial charge in [-0.15, -0.1) is 0 Å². The fourth-order valence-corrected chi connectivity index (χ4v) is 4.30. The van der Waals surface area contributed by atoms with Gasteiger partial charge in [-0.3, -0.25) is 9.69 Å². The molecule has 1 aromatic carbocycles. The molecule has 34 heavy (non-hydrogen) atoms. The number of nitrogens with one attached hydrogen (secondary N) is 1. The minimum atomic E-state index is -4.46. The summed E-state index contributed by atoms with van der Waals surface area (Å²) in [6.45, 7) is 6.37. The lowest BCUT2D eigenvalue weighted by molar-refractivity contribution is -0.137. The van der Waals surface area contributed by atoms with Crippen LogP contribution in [0.3, 0.4) is 0 Å². The van der Waals surface area contributed by atoms with Crippen LogP contribution in [-0.4, -0.2) is 45.2 Å². The number of likely N-dealkylation sites (tertiary alicyclic amines) is 1. The third kappa shape index (κ3) is 5.30. The molecule has 6 nitrogen and oxygen atoms in total. The molecule has 0 aliphatic carbocycles. The fourth-order valence-electron chi connectivity index (χ4n) is 4.30. The highest BCUT2D eigenvalue weighted by Gasteiger charge is 2.31. The molecule has 180 valence electrons. The van der Waals surface area contributed by atoms with Crippen LogP contribution >= 0.6 is 0 Å². The summed E-state index contributed by atoms with van der Waals surface area (Å²) < 4.78 is 39.8. The maximum Gasteiger partial charge on any atom is 0.417 e. The number of carbonyl (C=O) groups is 1. The van der Waals surface area contributed by atoms with E-state index in [2.05, 4.69) is 39.4 Å². The number of hydrogen-bond acceptors (Lipinski definition) is 4. The minimum Gasteiger partial charge on any atom is -0.350 e. The number of alkyl halides is 3. The molecule has 0 saturated carbocycles. The van der Waals surface area contributed by atoms with Crippen LogP contribution in [0.5, 0.6) is 0 Å². The van der Waals surface area contributed by atoms with Gasteiger partial charge < -0.3 is 5.32 Å². The van der Waals surface area contributed by atoms with Crippen molar-refractivity contribution in [2.45, 2.75) is 38.9 Å². The van der Waals surface area contributed by atoms with E-state index in [4.69, 9.17) is 0 Å². The molecule has 1 unspecified atom stereocenters. The van der Waals surface area contributed by atoms with Crippen LogP contribution in [-0.2, 0) is 6.18 Å². The van der Waals surface area contributed by atoms with Gasteiger partial charge in [-0.25, -0.2) is 9.67 Å². The lowest BCUT2D eigenvalue weighted by Gasteiger charge is -2.37. The summed E-state index contributed by atoms with van der Waals surface area (Å²) in [5.74, 6) is 0.644. The van der Waals surface area contributed by atoms with E-state index in [-0.39, 0.29) is 17.8 Å². The Morgan fingerprint density at radius 2 is 1.82 bits per heavy atom. The van der Waals surface area contributed by atoms with Gasteiger partial charge in [0.05, 0.1) is 29.1 Å². The van der Waals surface area contributed by atoms with Crippen molar-refractivity contribution in [1.29, 1.82) is 0 Å². The number of aromatic nitrogens is 3. The molecule has 4 rings (SSSR count). The molecule has 3 aromatic rings. The van der Waals surface area contributed by atoms with Crippen molar-refractivity contribution < 1.29 is 18.0 Å². The molecule has 1 aliphatic heterocycles. The van der Waals surface area contributed by atoms with Crippen LogP contribution in [0.4, 0.5) is 13.2 Å². The average molecular weight is 472 g/mol. The first kappa shape index (κ1) is 23.9. The summed E-state index contributed by atoms with van der Waals surface area (Å²) in [6.07, 6.45) is -0.0196. The number of hydrogen-bond donors (Lipinski definition) is 1. The first-order valence-corrected chi connectivity index (χ1v) is 11.4. The van der Waals surface area contributed by atoms with Gasteiger partial charge in [0, 0.05) is 12.7 Å². The zero-order valence-corrected chi connectivity index (χ0v) is 19.2. The number of pyridine rings is 1. The Labute approximate surface area is 196 Å². The lowest BCUT2D eigenvalue weighted by atomic mass is 9.95. The van der Waals surface area contributed by atoms with Crippen LogP contribution < -0.4 is 5.32 Å². The Bertz CT molecular complexity index is 1100. The lowest BCUT2D eigenvalue weighted by Crippen LogP contribution is -2.42. The van der Waals surface area contributed by atoms with E-state index in [0.717, 1.165) is 43.8 Å². The van der Waals surface area contributed by atoms with E-state index >= 15 is 0 Å². The van der Waals surface area contributed by atoms with Crippen molar-refractivity contribution in [2.75, 3.05) is 19.6 Å². The van der Waals surface area contributed by atoms with Crippen molar-refractivity contribution in [3.63, 3.8) is 0 Å². The van der Waals surface area contributed by atoms with Gasteiger partial charge in [0.25, 0.3) is 5.91 Å². The van der Waals surface area contributed by atoms with Gasteiger partial charge in [0.15, 0.2) is 5.82 Å². The first-order chi connectivity index (χ1) is 16.2. The summed E-state index contributed by atoms with van der Waals surface area (Å²) in [4.78, 5) is 19.3. The van der Waals surface area contributed by atoms with E-state index in [0.29, 0.717) is 23.7 Å². The van der Waals surface area contributed by atoms with E-state index in [9.17, 15) is 18.0 Å². The van der Waals surface area contributed by atoms with Crippen molar-refractivity contribution in [3.05, 3.63) is 77.2 Å². The van der Waals surface area contributed by atoms with E-state index in [1.807, 2.05) is 18.2 Å². The SMILES string of the molecule is Cc1c(C(=O)NCC(c2ccccc2)N2CCC(C)CC2)cnn1-c1ccc(C(F)(F)F)cn1. The van der Waals surface area contributed by atoms with Gasteiger partial charge in [0.2, 0.25) is 0 Å². The molecule has 2 aromatic heterocycles. The maximum atomic E-state index is 13.0. The number of benzene rings is 1. The molecule has 1 aliphatic rings. The Morgan fingerprint density at radius 3 is 2.44 bits per heavy atom. The number of piperidine rings is 1. The molecular formula is C25H28F3N5O. The summed E-state index contributed by atoms with van der Waals surface area (Å²) in [5.41, 5.74) is 1.19. The second-order valence-corrected chi connectivity index (χ2v) is 8.81. The summed E-state index contributed by atoms with van der Waals surface area (Å²) in [5, 5.41) is 7.22. The predicted molar refractivity (Wildman–Crippen MR) is 123 cm³/mol. The summed E-state index contributed by atoms with van der Waals surface area (Å²) in [7, 11) is 0. The Kier molecular flexibility index (Phi) is 7.02. The number of carbonyl (C=O) groups excluding carboxylic acids is 1. The molecule has 0 spiro atoms. The zero-order valence-electron chi connectivity index (χ0n) is 19.2. The molecule has 1 fully saturated rings. The second-order valence-electron chi connectivity index (χ2n) is 8.81. The Balaban J connectivity index is 1.48. The van der Waals surface area contributed by atoms with E-state index in [1.165, 1.54) is 16.9 Å². The molecule has 1 N–H and O–H groups in total. The third-order valence-electron chi connectivity index (χ3n) is 6.45. The Hall–Kier alpha value is -3.20. The fraction of sp³-hybridized carbons (Fsp3) is 0.400. The molecule has 3 heterocycles. The molecule has 1 atom stereocenters. The third-order valence-corrected chi connectivity index (χ3v) is 6.45. The highest BCUT2D eigenvalue weighted by molar-refractivity contribution is 5.95. The summed E-state index contributed by atoms with van der Waals surface area (Å²) >= 11 is 0. The quantitative estimate of drug-likeness (QED) is 0.561. The number of rotatable bonds is 6. The maximum absolute atomic E-state index is 13.0. The van der Waals surface area contributed by atoms with Crippen LogP contribution in [0, 0.1) is 12.8 Å². The number of halogens is 3. The molecule has 1 saturated heterocycles. The molecule has 0 radical (unpaired) electrons. The second kappa shape index (κ2) is 9.97. The summed E-state index contributed by atoms with van der Waals surface area (Å²) in [6, 6.07) is 12.4. The van der Waals surface area contributed by atoms with Crippen molar-refractivity contribution in [1.82, 2.24) is 25.0 Å². The van der Waals surface area contributed by atoms with Crippen molar-refractivity contribution >= 4 is 5.91 Å². The predicted octanol–water partition coefficient (Wildman–Crippen LogP) is 4.80. The van der Waals surface area contributed by atoms with Crippen molar-refractivity contribution in [2.24, 2.45) is 5.92 Å². The monoisotopic (exact) mass is 471 g/mol. The van der Waals surface area contributed by atoms with Gasteiger partial charge in [-0.05, 0) is 56.5 Å². The molecule has 9 heteroatoms. The normalized spacial score (nSPS) is 16.4. The van der Waals surface area contributed by atoms with Crippen LogP contribution in [0.2, 0.25) is 0 Å². The minimum absolute atomic E-state index is 0.0598. The van der Waals surface area contributed by atoms with Crippen molar-refractivity contribution in [3.8, 4) is 5.82 Å². The molecular weight excluding hydrogens is 443 g/mol. The van der Waals surface area contributed by atoms with Gasteiger partial charge in [-0.2, -0.15) is 18.3 Å². The van der Waals surface area contributed by atoms with Crippen LogP contribution in [0.25, 0.3) is 5.82 Å². The van der Waals surface area contributed by atoms with Gasteiger partial charge in [-0.1, -0.05) is 37.3 Å². The first-order valence-electron chi connectivity index (χ1n) is 11.4. The highest BCUT2D eigenvalue weighted by Crippen LogP contribution is 2.29. The van der Waals surface area contributed by atoms with Gasteiger partial charge >= 0.3 is 6.18 Å². The number of amides is 1. The molecule has 1 amide bonds. The standard InChI is InChI=1S/C25H28F3N5O/c1-17-10-12-32(13-11-17)22(19-6-4-3-5-7-19)16-30-24(34)21-15-31-33(18(21)2)23-9-8-20(14-29-23)25(26,27)28/h3-9,14-15,17,22H,10-13,16H2,1-2H3,(H,30,34). The van der Waals surface area contributed by atoms with Crippen LogP contribution in [0.15, 0.2) is 54.9 Å². The van der Waals surface area contributed by atoms with E-state index in [1.54, 1.807) is 6.92 Å².